The molecule has 0 radical (unpaired) electrons. The minimum atomic E-state index is -0.420. The highest BCUT2D eigenvalue weighted by Crippen LogP contribution is 2.33. The molecule has 0 saturated carbocycles. The molecule has 11 nitrogen and oxygen atoms in total. The lowest BCUT2D eigenvalue weighted by Gasteiger charge is -2.18. The van der Waals surface area contributed by atoms with Crippen LogP contribution in [0.4, 0.5) is 5.95 Å². The van der Waals surface area contributed by atoms with Gasteiger partial charge in [0.1, 0.15) is 24.0 Å². The number of aromatic nitrogens is 8. The number of hydrogen-bond donors (Lipinski definition) is 1. The number of carbonyl (C=O) groups is 1. The van der Waals surface area contributed by atoms with E-state index in [0.717, 1.165) is 17.1 Å². The standard InChI is InChI=1S/C25H25N9O2/c1-4-33-15-28-25(32-33)31-23(35)17-13-19-21(30-24(17)36-3)29-22(34(19)5-2)20(16-9-7-6-8-10-16)18-11-12-26-14-27-18/h6-15,20H,4-5H2,1-3H3,(H,31,32,35). The largest absolute Gasteiger partial charge is 0.480 e. The molecule has 5 aromatic rings. The number of anilines is 1. The van der Waals surface area contributed by atoms with Gasteiger partial charge in [-0.15, -0.1) is 5.10 Å². The maximum Gasteiger partial charge on any atom is 0.263 e. The summed E-state index contributed by atoms with van der Waals surface area (Å²) >= 11 is 0. The Morgan fingerprint density at radius 3 is 2.58 bits per heavy atom. The van der Waals surface area contributed by atoms with Crippen molar-refractivity contribution in [3.63, 3.8) is 0 Å². The van der Waals surface area contributed by atoms with Crippen molar-refractivity contribution in [2.45, 2.75) is 32.9 Å². The molecule has 1 N–H and O–H groups in total. The zero-order chi connectivity index (χ0) is 25.1. The van der Waals surface area contributed by atoms with Crippen LogP contribution in [0.15, 0.2) is 61.3 Å². The Morgan fingerprint density at radius 1 is 1.08 bits per heavy atom. The van der Waals surface area contributed by atoms with Crippen LogP contribution in [0.25, 0.3) is 11.2 Å². The first-order chi connectivity index (χ1) is 17.6. The van der Waals surface area contributed by atoms with Crippen LogP contribution in [-0.4, -0.2) is 52.3 Å². The first-order valence-corrected chi connectivity index (χ1v) is 11.6. The Labute approximate surface area is 207 Å². The summed E-state index contributed by atoms with van der Waals surface area (Å²) in [5, 5.41) is 6.95. The second-order valence-corrected chi connectivity index (χ2v) is 7.96. The summed E-state index contributed by atoms with van der Waals surface area (Å²) in [5.74, 6) is 0.458. The van der Waals surface area contributed by atoms with Crippen molar-refractivity contribution < 1.29 is 9.53 Å². The fraction of sp³-hybridized carbons (Fsp3) is 0.240. The molecule has 5 rings (SSSR count). The molecule has 0 aliphatic rings. The lowest BCUT2D eigenvalue weighted by Crippen LogP contribution is -2.16. The number of ether oxygens (including phenoxy) is 1. The number of methoxy groups -OCH3 is 1. The lowest BCUT2D eigenvalue weighted by molar-refractivity contribution is 0.102. The van der Waals surface area contributed by atoms with Crippen LogP contribution in [0.3, 0.4) is 0 Å². The normalized spacial score (nSPS) is 12.0. The number of rotatable bonds is 8. The van der Waals surface area contributed by atoms with Crippen LogP contribution in [0, 0.1) is 0 Å². The molecule has 182 valence electrons. The second-order valence-electron chi connectivity index (χ2n) is 7.96. The van der Waals surface area contributed by atoms with Crippen molar-refractivity contribution in [1.82, 2.24) is 39.3 Å². The van der Waals surface area contributed by atoms with Gasteiger partial charge in [-0.1, -0.05) is 30.3 Å². The third-order valence-electron chi connectivity index (χ3n) is 5.87. The number of pyridine rings is 1. The Kier molecular flexibility index (Phi) is 6.35. The molecule has 0 spiro atoms. The highest BCUT2D eigenvalue weighted by atomic mass is 16.5. The number of amides is 1. The van der Waals surface area contributed by atoms with Crippen LogP contribution in [0.1, 0.15) is 47.2 Å². The SMILES string of the molecule is CCn1cnc(NC(=O)c2cc3c(nc2OC)nc(C(c2ccccc2)c2ccncn2)n3CC)n1. The molecule has 1 unspecified atom stereocenters. The molecule has 4 heterocycles. The van der Waals surface area contributed by atoms with Gasteiger partial charge < -0.3 is 9.30 Å². The van der Waals surface area contributed by atoms with Gasteiger partial charge in [0.15, 0.2) is 5.65 Å². The Hall–Kier alpha value is -4.67. The van der Waals surface area contributed by atoms with Crippen LogP contribution < -0.4 is 10.1 Å². The van der Waals surface area contributed by atoms with E-state index in [4.69, 9.17) is 9.72 Å². The van der Waals surface area contributed by atoms with Crippen LogP contribution in [0.2, 0.25) is 0 Å². The van der Waals surface area contributed by atoms with E-state index >= 15 is 0 Å². The molecular formula is C25H25N9O2. The predicted molar refractivity (Wildman–Crippen MR) is 133 cm³/mol. The second kappa shape index (κ2) is 9.90. The zero-order valence-corrected chi connectivity index (χ0v) is 20.2. The number of hydrogen-bond acceptors (Lipinski definition) is 8. The number of nitrogens with zero attached hydrogens (tertiary/aromatic N) is 8. The first kappa shape index (κ1) is 23.1. The molecule has 0 fully saturated rings. The van der Waals surface area contributed by atoms with Gasteiger partial charge in [-0.25, -0.2) is 19.9 Å². The summed E-state index contributed by atoms with van der Waals surface area (Å²) in [6, 6.07) is 13.7. The topological polar surface area (TPSA) is 126 Å². The fourth-order valence-corrected chi connectivity index (χ4v) is 4.16. The molecule has 11 heteroatoms. The summed E-state index contributed by atoms with van der Waals surface area (Å²) in [4.78, 5) is 35.4. The van der Waals surface area contributed by atoms with E-state index in [0.29, 0.717) is 24.3 Å². The quantitative estimate of drug-likeness (QED) is 0.356. The highest BCUT2D eigenvalue weighted by Gasteiger charge is 2.27. The van der Waals surface area contributed by atoms with Gasteiger partial charge in [-0.05, 0) is 31.5 Å². The average Bonchev–Trinajstić information content (AvgIpc) is 3.52. The van der Waals surface area contributed by atoms with E-state index < -0.39 is 5.91 Å². The van der Waals surface area contributed by atoms with E-state index in [9.17, 15) is 4.79 Å². The summed E-state index contributed by atoms with van der Waals surface area (Å²) in [6.45, 7) is 5.22. The number of fused-ring (bicyclic) bond motifs is 1. The van der Waals surface area contributed by atoms with Gasteiger partial charge >= 0.3 is 0 Å². The smallest absolute Gasteiger partial charge is 0.263 e. The number of benzene rings is 1. The Bertz CT molecular complexity index is 1460. The Morgan fingerprint density at radius 2 is 1.92 bits per heavy atom. The molecule has 0 aliphatic carbocycles. The van der Waals surface area contributed by atoms with Gasteiger partial charge in [0.2, 0.25) is 11.8 Å². The maximum atomic E-state index is 13.2. The number of carbonyl (C=O) groups excluding carboxylic acids is 1. The molecule has 1 aromatic carbocycles. The van der Waals surface area contributed by atoms with Crippen molar-refractivity contribution in [2.24, 2.45) is 0 Å². The van der Waals surface area contributed by atoms with Gasteiger partial charge in [0.05, 0.1) is 24.2 Å². The van der Waals surface area contributed by atoms with E-state index in [1.165, 1.54) is 13.4 Å². The minimum absolute atomic E-state index is 0.167. The predicted octanol–water partition coefficient (Wildman–Crippen LogP) is 3.29. The van der Waals surface area contributed by atoms with Crippen LogP contribution in [-0.2, 0) is 13.1 Å². The highest BCUT2D eigenvalue weighted by molar-refractivity contribution is 6.06. The fourth-order valence-electron chi connectivity index (χ4n) is 4.16. The van der Waals surface area contributed by atoms with Gasteiger partial charge in [0, 0.05) is 19.3 Å². The van der Waals surface area contributed by atoms with E-state index in [1.54, 1.807) is 23.3 Å². The maximum absolute atomic E-state index is 13.2. The number of aryl methyl sites for hydroxylation is 2. The molecule has 0 saturated heterocycles. The summed E-state index contributed by atoms with van der Waals surface area (Å²) in [7, 11) is 1.47. The summed E-state index contributed by atoms with van der Waals surface area (Å²) < 4.78 is 9.14. The molecular weight excluding hydrogens is 458 g/mol. The molecule has 4 aromatic heterocycles. The van der Waals surface area contributed by atoms with E-state index in [2.05, 4.69) is 30.4 Å². The Balaban J connectivity index is 1.63. The third-order valence-corrected chi connectivity index (χ3v) is 5.87. The molecule has 0 bridgehead atoms. The molecule has 1 amide bonds. The lowest BCUT2D eigenvalue weighted by atomic mass is 9.94. The van der Waals surface area contributed by atoms with E-state index in [1.807, 2.05) is 54.8 Å². The van der Waals surface area contributed by atoms with E-state index in [-0.39, 0.29) is 23.3 Å². The number of imidazole rings is 1. The number of nitrogens with one attached hydrogen (secondary N) is 1. The average molecular weight is 484 g/mol. The molecule has 36 heavy (non-hydrogen) atoms. The van der Waals surface area contributed by atoms with Crippen LogP contribution >= 0.6 is 0 Å². The van der Waals surface area contributed by atoms with Gasteiger partial charge in [-0.3, -0.25) is 14.8 Å². The van der Waals surface area contributed by atoms with Crippen molar-refractivity contribution in [3.05, 3.63) is 84.0 Å². The third kappa shape index (κ3) is 4.26. The van der Waals surface area contributed by atoms with Gasteiger partial charge in [0.25, 0.3) is 5.91 Å². The van der Waals surface area contributed by atoms with Crippen LogP contribution in [0.5, 0.6) is 5.88 Å². The van der Waals surface area contributed by atoms with Crippen molar-refractivity contribution in [2.75, 3.05) is 12.4 Å². The summed E-state index contributed by atoms with van der Waals surface area (Å²) in [6.07, 6.45) is 4.81. The summed E-state index contributed by atoms with van der Waals surface area (Å²) in [5.41, 5.74) is 3.29. The van der Waals surface area contributed by atoms with Crippen molar-refractivity contribution in [1.29, 1.82) is 0 Å². The molecule has 0 aliphatic heterocycles. The minimum Gasteiger partial charge on any atom is -0.480 e. The van der Waals surface area contributed by atoms with Crippen molar-refractivity contribution in [3.8, 4) is 5.88 Å². The monoisotopic (exact) mass is 483 g/mol. The zero-order valence-electron chi connectivity index (χ0n) is 20.2. The molecule has 1 atom stereocenters. The van der Waals surface area contributed by atoms with Gasteiger partial charge in [-0.2, -0.15) is 4.98 Å². The van der Waals surface area contributed by atoms with Crippen molar-refractivity contribution >= 4 is 23.0 Å². The first-order valence-electron chi connectivity index (χ1n) is 11.6.